The summed E-state index contributed by atoms with van der Waals surface area (Å²) < 4.78 is 5.67. The average Bonchev–Trinajstić information content (AvgIpc) is 3.09. The first-order valence-corrected chi connectivity index (χ1v) is 13.3. The minimum absolute atomic E-state index is 0.169. The van der Waals surface area contributed by atoms with Crippen molar-refractivity contribution in [3.8, 4) is 0 Å². The van der Waals surface area contributed by atoms with Crippen LogP contribution in [-0.2, 0) is 4.74 Å². The monoisotopic (exact) mass is 444 g/mol. The van der Waals surface area contributed by atoms with Gasteiger partial charge in [-0.25, -0.2) is 0 Å². The molecule has 0 aliphatic heterocycles. The average molecular weight is 445 g/mol. The van der Waals surface area contributed by atoms with Crippen LogP contribution in [0.25, 0.3) is 0 Å². The van der Waals surface area contributed by atoms with Crippen molar-refractivity contribution in [2.24, 2.45) is 46.3 Å². The number of fused-ring (bicyclic) bond motifs is 5. The normalized spacial score (nSPS) is 48.2. The van der Waals surface area contributed by atoms with Crippen molar-refractivity contribution in [3.05, 3.63) is 23.8 Å². The van der Waals surface area contributed by atoms with Crippen LogP contribution in [0.5, 0.6) is 0 Å². The molecular formula is C29H48O3. The summed E-state index contributed by atoms with van der Waals surface area (Å²) in [5.41, 5.74) is 0.637. The van der Waals surface area contributed by atoms with Crippen molar-refractivity contribution < 1.29 is 14.9 Å². The Bertz CT molecular complexity index is 756. The Hall–Kier alpha value is -0.640. The molecule has 0 radical (unpaired) electrons. The van der Waals surface area contributed by atoms with Crippen LogP contribution in [0.2, 0.25) is 0 Å². The van der Waals surface area contributed by atoms with Crippen molar-refractivity contribution in [2.45, 2.75) is 104 Å². The summed E-state index contributed by atoms with van der Waals surface area (Å²) in [6.45, 7) is 14.2. The number of aliphatic hydroxyl groups excluding tert-OH is 1. The largest absolute Gasteiger partial charge is 0.390 e. The lowest BCUT2D eigenvalue weighted by Gasteiger charge is -2.62. The standard InChI is InChI=1S/C29H48O3/c1-18(2)19(3)8-9-20(4)22-12-13-23-24-11-10-21-16-25(30)26(32-7)17-28(21,6)29(24,31)15-14-27(22,23)5/h8-9,11,18-23,25-26,30-31H,10,12-17H2,1-7H3/b9-8+/t19-,20+,21?,22+,23?,25-,26-,27+,28-,29+/m0/s1. The Morgan fingerprint density at radius 1 is 1.09 bits per heavy atom. The first-order valence-electron chi connectivity index (χ1n) is 13.3. The quantitative estimate of drug-likeness (QED) is 0.500. The van der Waals surface area contributed by atoms with Gasteiger partial charge in [-0.2, -0.15) is 0 Å². The Balaban J connectivity index is 1.60. The maximum absolute atomic E-state index is 12.3. The summed E-state index contributed by atoms with van der Waals surface area (Å²) in [6.07, 6.45) is 13.6. The predicted octanol–water partition coefficient (Wildman–Crippen LogP) is 6.15. The third-order valence-corrected chi connectivity index (χ3v) is 11.0. The number of ether oxygens (including phenoxy) is 1. The molecule has 4 aliphatic carbocycles. The Labute approximate surface area is 196 Å². The van der Waals surface area contributed by atoms with Crippen molar-refractivity contribution in [3.63, 3.8) is 0 Å². The molecule has 0 spiro atoms. The molecule has 0 bridgehead atoms. The molecule has 4 rings (SSSR count). The molecule has 0 saturated heterocycles. The van der Waals surface area contributed by atoms with Gasteiger partial charge >= 0.3 is 0 Å². The highest BCUT2D eigenvalue weighted by molar-refractivity contribution is 5.35. The van der Waals surface area contributed by atoms with Gasteiger partial charge in [-0.3, -0.25) is 0 Å². The van der Waals surface area contributed by atoms with Gasteiger partial charge in [-0.15, -0.1) is 0 Å². The molecule has 10 atom stereocenters. The Kier molecular flexibility index (Phi) is 6.53. The third-order valence-electron chi connectivity index (χ3n) is 11.0. The van der Waals surface area contributed by atoms with Gasteiger partial charge in [0, 0.05) is 12.5 Å². The molecule has 2 N–H and O–H groups in total. The summed E-state index contributed by atoms with van der Waals surface area (Å²) in [5, 5.41) is 22.9. The number of rotatable bonds is 5. The summed E-state index contributed by atoms with van der Waals surface area (Å²) in [5.74, 6) is 3.37. The van der Waals surface area contributed by atoms with E-state index in [9.17, 15) is 10.2 Å². The fraction of sp³-hybridized carbons (Fsp3) is 0.862. The topological polar surface area (TPSA) is 49.7 Å². The number of aliphatic hydroxyl groups is 2. The highest BCUT2D eigenvalue weighted by atomic mass is 16.5. The molecule has 3 saturated carbocycles. The predicted molar refractivity (Wildman–Crippen MR) is 131 cm³/mol. The highest BCUT2D eigenvalue weighted by Crippen LogP contribution is 2.68. The molecule has 3 heteroatoms. The summed E-state index contributed by atoms with van der Waals surface area (Å²) in [4.78, 5) is 0. The fourth-order valence-electron chi connectivity index (χ4n) is 8.31. The number of hydrogen-bond acceptors (Lipinski definition) is 3. The van der Waals surface area contributed by atoms with Crippen LogP contribution in [0.1, 0.15) is 86.5 Å². The van der Waals surface area contributed by atoms with E-state index in [0.29, 0.717) is 35.5 Å². The van der Waals surface area contributed by atoms with Crippen LogP contribution in [0, 0.1) is 46.3 Å². The van der Waals surface area contributed by atoms with Crippen LogP contribution in [0.15, 0.2) is 23.8 Å². The minimum atomic E-state index is -0.753. The number of methoxy groups -OCH3 is 1. The van der Waals surface area contributed by atoms with Crippen molar-refractivity contribution >= 4 is 0 Å². The van der Waals surface area contributed by atoms with Crippen LogP contribution in [0.3, 0.4) is 0 Å². The van der Waals surface area contributed by atoms with E-state index in [1.165, 1.54) is 18.4 Å². The molecule has 3 fully saturated rings. The molecule has 3 nitrogen and oxygen atoms in total. The molecule has 0 aromatic heterocycles. The van der Waals surface area contributed by atoms with Crippen molar-refractivity contribution in [2.75, 3.05) is 7.11 Å². The lowest BCUT2D eigenvalue weighted by Crippen LogP contribution is -2.63. The Morgan fingerprint density at radius 3 is 2.47 bits per heavy atom. The van der Waals surface area contributed by atoms with Gasteiger partial charge in [0.25, 0.3) is 0 Å². The van der Waals surface area contributed by atoms with Crippen LogP contribution >= 0.6 is 0 Å². The van der Waals surface area contributed by atoms with Gasteiger partial charge in [0.2, 0.25) is 0 Å². The second-order valence-electron chi connectivity index (χ2n) is 12.7. The molecule has 0 aromatic carbocycles. The van der Waals surface area contributed by atoms with Gasteiger partial charge in [-0.1, -0.05) is 59.8 Å². The van der Waals surface area contributed by atoms with E-state index in [2.05, 4.69) is 59.8 Å². The lowest BCUT2D eigenvalue weighted by molar-refractivity contribution is -0.185. The lowest BCUT2D eigenvalue weighted by atomic mass is 9.45. The zero-order chi connectivity index (χ0) is 23.5. The number of allylic oxidation sites excluding steroid dienone is 3. The third kappa shape index (κ3) is 3.57. The fourth-order valence-corrected chi connectivity index (χ4v) is 8.31. The van der Waals surface area contributed by atoms with Crippen molar-refractivity contribution in [1.82, 2.24) is 0 Å². The Morgan fingerprint density at radius 2 is 1.81 bits per heavy atom. The van der Waals surface area contributed by atoms with Gasteiger partial charge in [-0.05, 0) is 91.4 Å². The van der Waals surface area contributed by atoms with Crippen molar-refractivity contribution in [1.29, 1.82) is 0 Å². The van der Waals surface area contributed by atoms with Crippen LogP contribution < -0.4 is 0 Å². The van der Waals surface area contributed by atoms with Gasteiger partial charge in [0.1, 0.15) is 0 Å². The van der Waals surface area contributed by atoms with Crippen LogP contribution in [0.4, 0.5) is 0 Å². The van der Waals surface area contributed by atoms with E-state index < -0.39 is 11.7 Å². The summed E-state index contributed by atoms with van der Waals surface area (Å²) >= 11 is 0. The van der Waals surface area contributed by atoms with Gasteiger partial charge in [0.05, 0.1) is 17.8 Å². The second-order valence-corrected chi connectivity index (χ2v) is 12.7. The van der Waals surface area contributed by atoms with Gasteiger partial charge in [0.15, 0.2) is 0 Å². The highest BCUT2D eigenvalue weighted by Gasteiger charge is 2.65. The van der Waals surface area contributed by atoms with Gasteiger partial charge < -0.3 is 14.9 Å². The molecular weight excluding hydrogens is 396 g/mol. The SMILES string of the molecule is CO[C@H]1C[C@@]2(C)C(CC=C3C4CC[C@H]([C@H](C)/C=C/[C@H](C)C(C)C)[C@@]4(C)CC[C@@]32O)C[C@@H]1O. The smallest absolute Gasteiger partial charge is 0.0916 e. The van der Waals surface area contributed by atoms with Crippen LogP contribution in [-0.4, -0.2) is 35.1 Å². The maximum Gasteiger partial charge on any atom is 0.0916 e. The second kappa shape index (κ2) is 8.54. The summed E-state index contributed by atoms with van der Waals surface area (Å²) in [7, 11) is 1.70. The molecule has 32 heavy (non-hydrogen) atoms. The molecule has 4 aliphatic rings. The summed E-state index contributed by atoms with van der Waals surface area (Å²) in [6, 6.07) is 0. The minimum Gasteiger partial charge on any atom is -0.390 e. The first-order chi connectivity index (χ1) is 15.0. The molecule has 0 aromatic rings. The molecule has 0 heterocycles. The van der Waals surface area contributed by atoms with E-state index in [4.69, 9.17) is 4.74 Å². The molecule has 182 valence electrons. The zero-order valence-corrected chi connectivity index (χ0v) is 21.6. The molecule has 0 amide bonds. The number of hydrogen-bond donors (Lipinski definition) is 2. The van der Waals surface area contributed by atoms with E-state index in [-0.39, 0.29) is 16.9 Å². The van der Waals surface area contributed by atoms with E-state index in [1.54, 1.807) is 7.11 Å². The van der Waals surface area contributed by atoms with E-state index in [0.717, 1.165) is 32.1 Å². The van der Waals surface area contributed by atoms with E-state index in [1.807, 2.05) is 0 Å². The molecule has 2 unspecified atom stereocenters. The maximum atomic E-state index is 12.3. The zero-order valence-electron chi connectivity index (χ0n) is 21.6. The van der Waals surface area contributed by atoms with E-state index >= 15 is 0 Å². The first kappa shape index (κ1) is 24.5.